The van der Waals surface area contributed by atoms with Gasteiger partial charge in [0.25, 0.3) is 10.2 Å². The average molecular weight is 301 g/mol. The maximum atomic E-state index is 12.8. The van der Waals surface area contributed by atoms with Gasteiger partial charge < -0.3 is 5.32 Å². The number of hydrogen-bond acceptors (Lipinski definition) is 3. The van der Waals surface area contributed by atoms with Crippen LogP contribution in [0.15, 0.2) is 0 Å². The molecule has 0 radical (unpaired) electrons. The zero-order chi connectivity index (χ0) is 14.2. The van der Waals surface area contributed by atoms with Crippen LogP contribution in [0.5, 0.6) is 0 Å². The lowest BCUT2D eigenvalue weighted by Crippen LogP contribution is -2.47. The molecule has 0 amide bonds. The van der Waals surface area contributed by atoms with E-state index in [1.807, 2.05) is 0 Å². The highest BCUT2D eigenvalue weighted by Crippen LogP contribution is 2.38. The normalized spacial score (nSPS) is 33.5. The summed E-state index contributed by atoms with van der Waals surface area (Å²) in [6.07, 6.45) is 7.76. The van der Waals surface area contributed by atoms with Gasteiger partial charge in [0.15, 0.2) is 0 Å². The Labute approximate surface area is 122 Å². The van der Waals surface area contributed by atoms with Crippen LogP contribution >= 0.6 is 0 Å². The summed E-state index contributed by atoms with van der Waals surface area (Å²) in [4.78, 5) is 0. The molecule has 1 atom stereocenters. The zero-order valence-corrected chi connectivity index (χ0v) is 13.3. The third-order valence-electron chi connectivity index (χ3n) is 5.51. The van der Waals surface area contributed by atoms with Crippen molar-refractivity contribution in [1.29, 1.82) is 0 Å². The van der Waals surface area contributed by atoms with E-state index in [9.17, 15) is 8.42 Å². The van der Waals surface area contributed by atoms with E-state index in [-0.39, 0.29) is 11.5 Å². The van der Waals surface area contributed by atoms with Gasteiger partial charge in [-0.15, -0.1) is 0 Å². The quantitative estimate of drug-likeness (QED) is 0.852. The Balaban J connectivity index is 1.68. The molecule has 1 N–H and O–H groups in total. The third-order valence-corrected chi connectivity index (χ3v) is 7.50. The monoisotopic (exact) mass is 301 g/mol. The Bertz CT molecular complexity index is 439. The molecule has 1 unspecified atom stereocenters. The number of rotatable bonds is 3. The maximum absolute atomic E-state index is 12.8. The molecular formula is C14H27N3O2S. The minimum atomic E-state index is -3.26. The van der Waals surface area contributed by atoms with Crippen LogP contribution < -0.4 is 5.32 Å². The van der Waals surface area contributed by atoms with Crippen molar-refractivity contribution in [3.8, 4) is 0 Å². The first-order valence-electron chi connectivity index (χ1n) is 7.97. The maximum Gasteiger partial charge on any atom is 0.281 e. The van der Waals surface area contributed by atoms with E-state index in [2.05, 4.69) is 5.32 Å². The van der Waals surface area contributed by atoms with Gasteiger partial charge in [0, 0.05) is 32.7 Å². The summed E-state index contributed by atoms with van der Waals surface area (Å²) < 4.78 is 29.0. The second-order valence-corrected chi connectivity index (χ2v) is 8.81. The molecule has 116 valence electrons. The fraction of sp³-hybridized carbons (Fsp3) is 1.00. The van der Waals surface area contributed by atoms with Gasteiger partial charge >= 0.3 is 0 Å². The van der Waals surface area contributed by atoms with Gasteiger partial charge in [0.05, 0.1) is 0 Å². The van der Waals surface area contributed by atoms with E-state index < -0.39 is 10.2 Å². The van der Waals surface area contributed by atoms with Crippen molar-refractivity contribution in [3.05, 3.63) is 0 Å². The van der Waals surface area contributed by atoms with Gasteiger partial charge in [0.1, 0.15) is 0 Å². The molecule has 1 saturated carbocycles. The summed E-state index contributed by atoms with van der Waals surface area (Å²) in [5, 5.41) is 3.38. The highest BCUT2D eigenvalue weighted by atomic mass is 32.2. The van der Waals surface area contributed by atoms with Crippen LogP contribution in [0.4, 0.5) is 0 Å². The molecular weight excluding hydrogens is 274 g/mol. The SMILES string of the molecule is CN(C1CCCCC1)S(=O)(=O)N1CCC2(CCNC2)C1. The largest absolute Gasteiger partial charge is 0.316 e. The van der Waals surface area contributed by atoms with E-state index in [0.29, 0.717) is 13.1 Å². The second-order valence-electron chi connectivity index (χ2n) is 6.83. The van der Waals surface area contributed by atoms with Gasteiger partial charge in [-0.3, -0.25) is 0 Å². The fourth-order valence-corrected chi connectivity index (χ4v) is 5.76. The minimum absolute atomic E-state index is 0.209. The van der Waals surface area contributed by atoms with E-state index in [1.165, 1.54) is 19.3 Å². The molecule has 5 nitrogen and oxygen atoms in total. The molecule has 2 saturated heterocycles. The van der Waals surface area contributed by atoms with Crippen molar-refractivity contribution in [3.63, 3.8) is 0 Å². The Hall–Kier alpha value is -0.170. The highest BCUT2D eigenvalue weighted by Gasteiger charge is 2.45. The third kappa shape index (κ3) is 2.63. The van der Waals surface area contributed by atoms with E-state index >= 15 is 0 Å². The van der Waals surface area contributed by atoms with Crippen molar-refractivity contribution >= 4 is 10.2 Å². The lowest BCUT2D eigenvalue weighted by molar-refractivity contribution is 0.262. The van der Waals surface area contributed by atoms with E-state index in [1.54, 1.807) is 15.7 Å². The Kier molecular flexibility index (Phi) is 4.10. The Morgan fingerprint density at radius 3 is 2.60 bits per heavy atom. The number of hydrogen-bond donors (Lipinski definition) is 1. The smallest absolute Gasteiger partial charge is 0.281 e. The molecule has 0 aromatic rings. The summed E-state index contributed by atoms with van der Waals surface area (Å²) in [6.45, 7) is 3.42. The summed E-state index contributed by atoms with van der Waals surface area (Å²) >= 11 is 0. The van der Waals surface area contributed by atoms with Crippen LogP contribution in [-0.4, -0.2) is 56.3 Å². The molecule has 3 rings (SSSR count). The molecule has 1 spiro atoms. The first-order chi connectivity index (χ1) is 9.54. The van der Waals surface area contributed by atoms with Crippen LogP contribution in [-0.2, 0) is 10.2 Å². The molecule has 0 bridgehead atoms. The van der Waals surface area contributed by atoms with Crippen molar-refractivity contribution in [2.75, 3.05) is 33.2 Å². The standard InChI is InChI=1S/C14H27N3O2S/c1-16(13-5-3-2-4-6-13)20(18,19)17-10-8-14(12-17)7-9-15-11-14/h13,15H,2-12H2,1H3. The van der Waals surface area contributed by atoms with Crippen molar-refractivity contribution in [1.82, 2.24) is 13.9 Å². The van der Waals surface area contributed by atoms with Crippen LogP contribution in [0.1, 0.15) is 44.9 Å². The van der Waals surface area contributed by atoms with Crippen molar-refractivity contribution < 1.29 is 8.42 Å². The summed E-state index contributed by atoms with van der Waals surface area (Å²) in [6, 6.07) is 0.215. The Morgan fingerprint density at radius 2 is 1.95 bits per heavy atom. The molecule has 3 fully saturated rings. The van der Waals surface area contributed by atoms with Gasteiger partial charge in [-0.2, -0.15) is 17.0 Å². The average Bonchev–Trinajstić information content (AvgIpc) is 3.10. The molecule has 20 heavy (non-hydrogen) atoms. The number of nitrogens with one attached hydrogen (secondary N) is 1. The van der Waals surface area contributed by atoms with Crippen LogP contribution in [0, 0.1) is 5.41 Å². The Morgan fingerprint density at radius 1 is 1.20 bits per heavy atom. The molecule has 2 aliphatic heterocycles. The van der Waals surface area contributed by atoms with Crippen molar-refractivity contribution in [2.45, 2.75) is 51.0 Å². The molecule has 0 aromatic heterocycles. The van der Waals surface area contributed by atoms with Crippen LogP contribution in [0.2, 0.25) is 0 Å². The van der Waals surface area contributed by atoms with E-state index in [4.69, 9.17) is 0 Å². The van der Waals surface area contributed by atoms with Gasteiger partial charge in [-0.1, -0.05) is 19.3 Å². The predicted octanol–water partition coefficient (Wildman–Crippen LogP) is 1.18. The lowest BCUT2D eigenvalue weighted by Gasteiger charge is -2.33. The topological polar surface area (TPSA) is 52.7 Å². The summed E-state index contributed by atoms with van der Waals surface area (Å²) in [5.41, 5.74) is 0.209. The highest BCUT2D eigenvalue weighted by molar-refractivity contribution is 7.86. The summed E-state index contributed by atoms with van der Waals surface area (Å²) in [7, 11) is -1.48. The van der Waals surface area contributed by atoms with E-state index in [0.717, 1.165) is 38.8 Å². The minimum Gasteiger partial charge on any atom is -0.316 e. The predicted molar refractivity (Wildman–Crippen MR) is 79.7 cm³/mol. The van der Waals surface area contributed by atoms with Gasteiger partial charge in [-0.25, -0.2) is 0 Å². The fourth-order valence-electron chi connectivity index (χ4n) is 4.05. The number of nitrogens with zero attached hydrogens (tertiary/aromatic N) is 2. The second kappa shape index (κ2) is 5.55. The van der Waals surface area contributed by atoms with Crippen molar-refractivity contribution in [2.24, 2.45) is 5.41 Å². The molecule has 0 aromatic carbocycles. The lowest BCUT2D eigenvalue weighted by atomic mass is 9.87. The summed E-state index contributed by atoms with van der Waals surface area (Å²) in [5.74, 6) is 0. The molecule has 3 aliphatic rings. The van der Waals surface area contributed by atoms with Crippen LogP contribution in [0.25, 0.3) is 0 Å². The van der Waals surface area contributed by atoms with Crippen LogP contribution in [0.3, 0.4) is 0 Å². The van der Waals surface area contributed by atoms with Gasteiger partial charge in [-0.05, 0) is 37.6 Å². The zero-order valence-electron chi connectivity index (χ0n) is 12.5. The molecule has 2 heterocycles. The first-order valence-corrected chi connectivity index (χ1v) is 9.37. The molecule has 6 heteroatoms. The first kappa shape index (κ1) is 14.8. The molecule has 1 aliphatic carbocycles. The van der Waals surface area contributed by atoms with Gasteiger partial charge in [0.2, 0.25) is 0 Å².